The fourth-order valence-electron chi connectivity index (χ4n) is 4.41. The molecule has 0 bridgehead atoms. The van der Waals surface area contributed by atoms with Crippen LogP contribution in [-0.4, -0.2) is 51.6 Å². The van der Waals surface area contributed by atoms with Crippen LogP contribution in [-0.2, 0) is 14.3 Å². The van der Waals surface area contributed by atoms with Crippen LogP contribution < -0.4 is 10.6 Å². The van der Waals surface area contributed by atoms with Gasteiger partial charge in [0.25, 0.3) is 0 Å². The monoisotopic (exact) mass is 489 g/mol. The molecule has 1 aromatic rings. The van der Waals surface area contributed by atoms with Gasteiger partial charge in [-0.1, -0.05) is 44.4 Å². The summed E-state index contributed by atoms with van der Waals surface area (Å²) in [7, 11) is 0. The van der Waals surface area contributed by atoms with Crippen molar-refractivity contribution in [2.75, 3.05) is 0 Å². The highest BCUT2D eigenvalue weighted by molar-refractivity contribution is 5.92. The summed E-state index contributed by atoms with van der Waals surface area (Å²) in [6.45, 7) is 12.4. The second-order valence-electron chi connectivity index (χ2n) is 10.6. The number of benzene rings is 1. The van der Waals surface area contributed by atoms with Crippen LogP contribution in [0.3, 0.4) is 0 Å². The number of phenolic OH excluding ortho intramolecular Hbond substituents is 1. The fraction of sp³-hybridized carbons (Fsp3) is 0.667. The summed E-state index contributed by atoms with van der Waals surface area (Å²) in [5.74, 6) is -0.754. The van der Waals surface area contributed by atoms with Crippen LogP contribution >= 0.6 is 0 Å². The molecule has 1 aromatic carbocycles. The lowest BCUT2D eigenvalue weighted by Crippen LogP contribution is -2.55. The van der Waals surface area contributed by atoms with Gasteiger partial charge in [0.05, 0.1) is 0 Å². The van der Waals surface area contributed by atoms with Gasteiger partial charge in [-0.2, -0.15) is 0 Å². The summed E-state index contributed by atoms with van der Waals surface area (Å²) >= 11 is 0. The summed E-state index contributed by atoms with van der Waals surface area (Å²) in [4.78, 5) is 41.3. The number of rotatable bonds is 8. The Morgan fingerprint density at radius 3 is 2.34 bits per heavy atom. The van der Waals surface area contributed by atoms with Crippen LogP contribution in [0.1, 0.15) is 97.2 Å². The molecule has 1 aliphatic rings. The van der Waals surface area contributed by atoms with E-state index in [-0.39, 0.29) is 23.7 Å². The number of hydrogen-bond acceptors (Lipinski definition) is 5. The Kier molecular flexibility index (Phi) is 9.98. The first-order valence-electron chi connectivity index (χ1n) is 12.8. The number of alkyl carbamates (subject to hydrolysis) is 1. The van der Waals surface area contributed by atoms with E-state index in [0.717, 1.165) is 32.1 Å². The lowest BCUT2D eigenvalue weighted by atomic mass is 9.93. The number of carbonyl (C=O) groups excluding carboxylic acids is 3. The molecule has 1 saturated carbocycles. The molecule has 0 aromatic heterocycles. The van der Waals surface area contributed by atoms with Gasteiger partial charge in [0.15, 0.2) is 0 Å². The predicted molar refractivity (Wildman–Crippen MR) is 136 cm³/mol. The Labute approximate surface area is 209 Å². The summed E-state index contributed by atoms with van der Waals surface area (Å²) in [5.41, 5.74) is 0.282. The number of carbonyl (C=O) groups is 3. The molecule has 3 amide bonds. The number of aryl methyl sites for hydroxylation is 1. The van der Waals surface area contributed by atoms with Crippen molar-refractivity contribution in [1.82, 2.24) is 15.5 Å². The minimum atomic E-state index is -1.04. The lowest BCUT2D eigenvalue weighted by Gasteiger charge is -2.38. The number of amides is 3. The number of aromatic hydroxyl groups is 1. The molecule has 0 aliphatic heterocycles. The van der Waals surface area contributed by atoms with Gasteiger partial charge in [-0.25, -0.2) is 4.79 Å². The molecule has 1 aliphatic carbocycles. The average molecular weight is 490 g/mol. The van der Waals surface area contributed by atoms with E-state index in [0.29, 0.717) is 17.5 Å². The first-order valence-corrected chi connectivity index (χ1v) is 12.8. The van der Waals surface area contributed by atoms with E-state index in [1.807, 2.05) is 13.8 Å². The summed E-state index contributed by atoms with van der Waals surface area (Å²) in [5, 5.41) is 16.6. The zero-order valence-electron chi connectivity index (χ0n) is 22.3. The van der Waals surface area contributed by atoms with E-state index < -0.39 is 29.7 Å². The van der Waals surface area contributed by atoms with Crippen molar-refractivity contribution in [3.05, 3.63) is 29.3 Å². The molecular weight excluding hydrogens is 446 g/mol. The third-order valence-electron chi connectivity index (χ3n) is 6.47. The molecule has 1 fully saturated rings. The second-order valence-corrected chi connectivity index (χ2v) is 10.6. The minimum absolute atomic E-state index is 0.00912. The van der Waals surface area contributed by atoms with Gasteiger partial charge >= 0.3 is 6.09 Å². The van der Waals surface area contributed by atoms with Gasteiger partial charge in [0.2, 0.25) is 11.8 Å². The molecule has 196 valence electrons. The Morgan fingerprint density at radius 1 is 1.14 bits per heavy atom. The standard InChI is InChI=1S/C27H43N3O5/c1-8-18(3)30(25(33)19(4)28-26(34)35-27(5,6)7)22(21-16-12-13-17(2)23(21)31)24(32)29-20-14-10-9-11-15-20/h12-13,16,18-20,22,31H,8-11,14-15H2,1-7H3,(H,28,34)(H,29,32). The topological polar surface area (TPSA) is 108 Å². The number of nitrogens with zero attached hydrogens (tertiary/aromatic N) is 1. The first kappa shape index (κ1) is 28.5. The van der Waals surface area contributed by atoms with Crippen molar-refractivity contribution in [2.45, 2.75) is 117 Å². The molecule has 3 N–H and O–H groups in total. The molecular formula is C27H43N3O5. The third-order valence-corrected chi connectivity index (χ3v) is 6.47. The molecule has 8 heteroatoms. The van der Waals surface area contributed by atoms with Crippen molar-refractivity contribution < 1.29 is 24.2 Å². The SMILES string of the molecule is CCC(C)N(C(=O)C(C)NC(=O)OC(C)(C)C)C(C(=O)NC1CCCCC1)c1cccc(C)c1O. The maximum absolute atomic E-state index is 13.7. The average Bonchev–Trinajstić information content (AvgIpc) is 2.78. The van der Waals surface area contributed by atoms with E-state index in [4.69, 9.17) is 4.74 Å². The van der Waals surface area contributed by atoms with E-state index in [9.17, 15) is 19.5 Å². The van der Waals surface area contributed by atoms with Crippen molar-refractivity contribution in [3.63, 3.8) is 0 Å². The first-order chi connectivity index (χ1) is 16.4. The van der Waals surface area contributed by atoms with E-state index in [2.05, 4.69) is 10.6 Å². The van der Waals surface area contributed by atoms with Crippen molar-refractivity contribution in [1.29, 1.82) is 0 Å². The molecule has 0 spiro atoms. The van der Waals surface area contributed by atoms with E-state index in [1.165, 1.54) is 4.90 Å². The molecule has 0 radical (unpaired) electrons. The van der Waals surface area contributed by atoms with Crippen LogP contribution in [0, 0.1) is 6.92 Å². The Bertz CT molecular complexity index is 889. The summed E-state index contributed by atoms with van der Waals surface area (Å²) in [6, 6.07) is 2.95. The normalized spacial score (nSPS) is 17.1. The number of phenols is 1. The Hall–Kier alpha value is -2.77. The lowest BCUT2D eigenvalue weighted by molar-refractivity contribution is -0.145. The molecule has 8 nitrogen and oxygen atoms in total. The van der Waals surface area contributed by atoms with E-state index in [1.54, 1.807) is 52.8 Å². The van der Waals surface area contributed by atoms with Crippen LogP contribution in [0.4, 0.5) is 4.79 Å². The molecule has 3 atom stereocenters. The van der Waals surface area contributed by atoms with Gasteiger partial charge in [0, 0.05) is 17.6 Å². The smallest absolute Gasteiger partial charge is 0.408 e. The van der Waals surface area contributed by atoms with Crippen molar-refractivity contribution in [3.8, 4) is 5.75 Å². The maximum Gasteiger partial charge on any atom is 0.408 e. The maximum atomic E-state index is 13.7. The number of para-hydroxylation sites is 1. The molecule has 35 heavy (non-hydrogen) atoms. The third kappa shape index (κ3) is 7.87. The molecule has 3 unspecified atom stereocenters. The van der Waals surface area contributed by atoms with Gasteiger partial charge in [-0.05, 0) is 66.4 Å². The largest absolute Gasteiger partial charge is 0.507 e. The predicted octanol–water partition coefficient (Wildman–Crippen LogP) is 4.73. The Balaban J connectivity index is 2.44. The summed E-state index contributed by atoms with van der Waals surface area (Å²) < 4.78 is 5.31. The van der Waals surface area contributed by atoms with Crippen LogP contribution in [0.25, 0.3) is 0 Å². The number of hydrogen-bond donors (Lipinski definition) is 3. The van der Waals surface area contributed by atoms with Gasteiger partial charge in [-0.15, -0.1) is 0 Å². The molecule has 2 rings (SSSR count). The molecule has 0 heterocycles. The Morgan fingerprint density at radius 2 is 1.77 bits per heavy atom. The fourth-order valence-corrected chi connectivity index (χ4v) is 4.41. The van der Waals surface area contributed by atoms with E-state index >= 15 is 0 Å². The van der Waals surface area contributed by atoms with Crippen LogP contribution in [0.2, 0.25) is 0 Å². The van der Waals surface area contributed by atoms with Gasteiger partial charge < -0.3 is 25.4 Å². The van der Waals surface area contributed by atoms with Crippen LogP contribution in [0.15, 0.2) is 18.2 Å². The number of nitrogens with one attached hydrogen (secondary N) is 2. The quantitative estimate of drug-likeness (QED) is 0.489. The summed E-state index contributed by atoms with van der Waals surface area (Å²) in [6.07, 6.45) is 4.93. The zero-order valence-corrected chi connectivity index (χ0v) is 22.3. The van der Waals surface area contributed by atoms with Crippen molar-refractivity contribution in [2.24, 2.45) is 0 Å². The van der Waals surface area contributed by atoms with Gasteiger partial charge in [-0.3, -0.25) is 9.59 Å². The zero-order chi connectivity index (χ0) is 26.3. The highest BCUT2D eigenvalue weighted by atomic mass is 16.6. The molecule has 0 saturated heterocycles. The van der Waals surface area contributed by atoms with Crippen molar-refractivity contribution >= 4 is 17.9 Å². The second kappa shape index (κ2) is 12.3. The highest BCUT2D eigenvalue weighted by Crippen LogP contribution is 2.34. The minimum Gasteiger partial charge on any atom is -0.507 e. The number of ether oxygens (including phenoxy) is 1. The van der Waals surface area contributed by atoms with Gasteiger partial charge in [0.1, 0.15) is 23.4 Å². The highest BCUT2D eigenvalue weighted by Gasteiger charge is 2.39. The van der Waals surface area contributed by atoms with Crippen LogP contribution in [0.5, 0.6) is 5.75 Å².